The van der Waals surface area contributed by atoms with Gasteiger partial charge in [0.25, 0.3) is 0 Å². The highest BCUT2D eigenvalue weighted by Crippen LogP contribution is 2.30. The molecule has 0 bridgehead atoms. The first-order valence-electron chi connectivity index (χ1n) is 9.05. The number of aliphatic hydroxyl groups is 1. The maximum Gasteiger partial charge on any atom is 0.137 e. The molecule has 0 atom stereocenters. The monoisotopic (exact) mass is 344 g/mol. The van der Waals surface area contributed by atoms with Gasteiger partial charge in [0.2, 0.25) is 0 Å². The van der Waals surface area contributed by atoms with Crippen molar-refractivity contribution in [1.29, 1.82) is 0 Å². The van der Waals surface area contributed by atoms with Crippen LogP contribution in [-0.2, 0) is 0 Å². The molecule has 0 radical (unpaired) electrons. The Morgan fingerprint density at radius 3 is 2.73 bits per heavy atom. The molecule has 0 unspecified atom stereocenters. The SMILES string of the molecule is OC1CCN(c2cccc3ccc(-c4cnc5ccccn45)nc23)CC1. The predicted molar refractivity (Wildman–Crippen MR) is 103 cm³/mol. The van der Waals surface area contributed by atoms with Crippen molar-refractivity contribution in [2.45, 2.75) is 18.9 Å². The van der Waals surface area contributed by atoms with Gasteiger partial charge in [0.05, 0.1) is 34.9 Å². The Balaban J connectivity index is 1.64. The van der Waals surface area contributed by atoms with Crippen molar-refractivity contribution in [3.63, 3.8) is 0 Å². The molecular weight excluding hydrogens is 324 g/mol. The van der Waals surface area contributed by atoms with E-state index >= 15 is 0 Å². The highest BCUT2D eigenvalue weighted by Gasteiger charge is 2.19. The van der Waals surface area contributed by atoms with E-state index in [1.807, 2.05) is 30.6 Å². The molecule has 1 aliphatic rings. The molecule has 130 valence electrons. The molecule has 3 aromatic heterocycles. The number of pyridine rings is 2. The maximum absolute atomic E-state index is 9.80. The van der Waals surface area contributed by atoms with Gasteiger partial charge in [0.15, 0.2) is 0 Å². The van der Waals surface area contributed by atoms with E-state index < -0.39 is 0 Å². The smallest absolute Gasteiger partial charge is 0.137 e. The van der Waals surface area contributed by atoms with Crippen LogP contribution in [0.15, 0.2) is 60.9 Å². The number of hydrogen-bond acceptors (Lipinski definition) is 4. The van der Waals surface area contributed by atoms with Gasteiger partial charge in [0, 0.05) is 24.7 Å². The van der Waals surface area contributed by atoms with Gasteiger partial charge in [0.1, 0.15) is 5.65 Å². The number of piperidine rings is 1. The standard InChI is InChI=1S/C21H20N4O/c26-16-9-12-24(13-10-16)18-5-3-4-15-7-8-17(23-21(15)18)19-14-22-20-6-1-2-11-25(19)20/h1-8,11,14,16,26H,9-10,12-13H2. The molecule has 4 aromatic rings. The van der Waals surface area contributed by atoms with E-state index in [9.17, 15) is 5.11 Å². The van der Waals surface area contributed by atoms with E-state index in [1.165, 1.54) is 0 Å². The zero-order chi connectivity index (χ0) is 17.5. The number of rotatable bonds is 2. The Morgan fingerprint density at radius 2 is 1.85 bits per heavy atom. The van der Waals surface area contributed by atoms with E-state index in [0.717, 1.165) is 59.6 Å². The van der Waals surface area contributed by atoms with Crippen LogP contribution in [0.4, 0.5) is 5.69 Å². The predicted octanol–water partition coefficient (Wildman–Crippen LogP) is 3.51. The molecule has 5 rings (SSSR count). The van der Waals surface area contributed by atoms with Gasteiger partial charge in [-0.3, -0.25) is 4.40 Å². The molecule has 4 heterocycles. The fourth-order valence-electron chi connectivity index (χ4n) is 3.76. The Labute approximate surface area is 151 Å². The minimum Gasteiger partial charge on any atom is -0.393 e. The third-order valence-electron chi connectivity index (χ3n) is 5.18. The fraction of sp³-hybridized carbons (Fsp3) is 0.238. The van der Waals surface area contributed by atoms with Gasteiger partial charge in [-0.25, -0.2) is 9.97 Å². The van der Waals surface area contributed by atoms with Crippen molar-refractivity contribution in [1.82, 2.24) is 14.4 Å². The van der Waals surface area contributed by atoms with Gasteiger partial charge < -0.3 is 10.0 Å². The molecule has 1 fully saturated rings. The normalized spacial score (nSPS) is 15.8. The number of nitrogens with zero attached hydrogens (tertiary/aromatic N) is 4. The van der Waals surface area contributed by atoms with Crippen molar-refractivity contribution < 1.29 is 5.11 Å². The van der Waals surface area contributed by atoms with Crippen molar-refractivity contribution >= 4 is 22.2 Å². The van der Waals surface area contributed by atoms with Crippen molar-refractivity contribution in [3.8, 4) is 11.4 Å². The largest absolute Gasteiger partial charge is 0.393 e. The van der Waals surface area contributed by atoms with E-state index in [0.29, 0.717) is 0 Å². The lowest BCUT2D eigenvalue weighted by molar-refractivity contribution is 0.145. The molecule has 5 heteroatoms. The second-order valence-electron chi connectivity index (χ2n) is 6.84. The molecule has 5 nitrogen and oxygen atoms in total. The summed E-state index contributed by atoms with van der Waals surface area (Å²) in [4.78, 5) is 11.8. The lowest BCUT2D eigenvalue weighted by atomic mass is 10.1. The highest BCUT2D eigenvalue weighted by molar-refractivity contribution is 5.92. The molecule has 1 aliphatic heterocycles. The van der Waals surface area contributed by atoms with Crippen LogP contribution in [0.1, 0.15) is 12.8 Å². The number of imidazole rings is 1. The first kappa shape index (κ1) is 15.3. The summed E-state index contributed by atoms with van der Waals surface area (Å²) in [5, 5.41) is 10.9. The molecule has 0 saturated carbocycles. The number of fused-ring (bicyclic) bond motifs is 2. The Hall–Kier alpha value is -2.92. The molecule has 0 spiro atoms. The lowest BCUT2D eigenvalue weighted by Crippen LogP contribution is -2.35. The van der Waals surface area contributed by atoms with Crippen LogP contribution in [0.5, 0.6) is 0 Å². The summed E-state index contributed by atoms with van der Waals surface area (Å²) in [6, 6.07) is 16.5. The zero-order valence-corrected chi connectivity index (χ0v) is 14.4. The number of aliphatic hydroxyl groups excluding tert-OH is 1. The third kappa shape index (κ3) is 2.52. The average molecular weight is 344 g/mol. The Kier molecular flexibility index (Phi) is 3.60. The summed E-state index contributed by atoms with van der Waals surface area (Å²) in [5.41, 5.74) is 4.98. The molecule has 1 saturated heterocycles. The van der Waals surface area contributed by atoms with Gasteiger partial charge in [-0.2, -0.15) is 0 Å². The number of aromatic nitrogens is 3. The van der Waals surface area contributed by atoms with Gasteiger partial charge >= 0.3 is 0 Å². The van der Waals surface area contributed by atoms with Crippen LogP contribution >= 0.6 is 0 Å². The summed E-state index contributed by atoms with van der Waals surface area (Å²) in [7, 11) is 0. The second kappa shape index (κ2) is 6.11. The first-order chi connectivity index (χ1) is 12.8. The summed E-state index contributed by atoms with van der Waals surface area (Å²) < 4.78 is 2.06. The molecule has 0 aliphatic carbocycles. The molecule has 26 heavy (non-hydrogen) atoms. The molecular formula is C21H20N4O. The van der Waals surface area contributed by atoms with Gasteiger partial charge in [-0.15, -0.1) is 0 Å². The van der Waals surface area contributed by atoms with Crippen LogP contribution in [0.3, 0.4) is 0 Å². The Bertz CT molecular complexity index is 1080. The molecule has 1 N–H and O–H groups in total. The van der Waals surface area contributed by atoms with Crippen LogP contribution in [0.25, 0.3) is 27.9 Å². The third-order valence-corrected chi connectivity index (χ3v) is 5.18. The van der Waals surface area contributed by atoms with Crippen LogP contribution in [0, 0.1) is 0 Å². The number of para-hydroxylation sites is 1. The minimum absolute atomic E-state index is 0.178. The van der Waals surface area contributed by atoms with Gasteiger partial charge in [-0.1, -0.05) is 24.3 Å². The van der Waals surface area contributed by atoms with Gasteiger partial charge in [-0.05, 0) is 37.1 Å². The van der Waals surface area contributed by atoms with Crippen molar-refractivity contribution in [2.75, 3.05) is 18.0 Å². The number of anilines is 1. The van der Waals surface area contributed by atoms with Crippen molar-refractivity contribution in [2.24, 2.45) is 0 Å². The quantitative estimate of drug-likeness (QED) is 0.605. The maximum atomic E-state index is 9.80. The first-order valence-corrected chi connectivity index (χ1v) is 9.05. The molecule has 0 amide bonds. The van der Waals surface area contributed by atoms with Crippen LogP contribution < -0.4 is 4.90 Å². The zero-order valence-electron chi connectivity index (χ0n) is 14.4. The van der Waals surface area contributed by atoms with E-state index in [1.54, 1.807) is 0 Å². The van der Waals surface area contributed by atoms with Crippen LogP contribution in [0.2, 0.25) is 0 Å². The summed E-state index contributed by atoms with van der Waals surface area (Å²) in [6.45, 7) is 1.73. The lowest BCUT2D eigenvalue weighted by Gasteiger charge is -2.32. The average Bonchev–Trinajstić information content (AvgIpc) is 3.12. The molecule has 1 aromatic carbocycles. The second-order valence-corrected chi connectivity index (χ2v) is 6.84. The summed E-state index contributed by atoms with van der Waals surface area (Å²) in [6.07, 6.45) is 5.33. The van der Waals surface area contributed by atoms with E-state index in [-0.39, 0.29) is 6.10 Å². The highest BCUT2D eigenvalue weighted by atomic mass is 16.3. The van der Waals surface area contributed by atoms with E-state index in [4.69, 9.17) is 4.98 Å². The Morgan fingerprint density at radius 1 is 0.962 bits per heavy atom. The minimum atomic E-state index is -0.178. The summed E-state index contributed by atoms with van der Waals surface area (Å²) in [5.74, 6) is 0. The summed E-state index contributed by atoms with van der Waals surface area (Å²) >= 11 is 0. The number of benzene rings is 1. The number of hydrogen-bond donors (Lipinski definition) is 1. The topological polar surface area (TPSA) is 53.7 Å². The van der Waals surface area contributed by atoms with E-state index in [2.05, 4.69) is 44.6 Å². The fourth-order valence-corrected chi connectivity index (χ4v) is 3.76. The van der Waals surface area contributed by atoms with Crippen molar-refractivity contribution in [3.05, 3.63) is 60.9 Å². The van der Waals surface area contributed by atoms with Crippen LogP contribution in [-0.4, -0.2) is 38.7 Å².